The highest BCUT2D eigenvalue weighted by Crippen LogP contribution is 2.63. The minimum atomic E-state index is -0.638. The molecule has 36 heavy (non-hydrogen) atoms. The molecule has 0 bridgehead atoms. The summed E-state index contributed by atoms with van der Waals surface area (Å²) in [5.41, 5.74) is 3.34. The van der Waals surface area contributed by atoms with Crippen LogP contribution in [0.25, 0.3) is 11.3 Å². The summed E-state index contributed by atoms with van der Waals surface area (Å²) in [5.74, 6) is 2.53. The van der Waals surface area contributed by atoms with E-state index in [9.17, 15) is 9.90 Å². The highest BCUT2D eigenvalue weighted by molar-refractivity contribution is 5.69. The standard InChI is InChI=1S/C28H36N4O4/c1-4-5-14-35-26(34)10-12-31-17-23-24(18-31)28(23,3)21-8-6-20(7-9-21)25-15-22(30-36-25)16-32-13-11-29-27(32)19(2)33/h6-9,11,13,15,19,23-24,33H,4-5,10,12,14,16-18H2,1-3H3/t19-,23-,24+,28?/m0/s1. The van der Waals surface area contributed by atoms with Gasteiger partial charge in [-0.25, -0.2) is 4.98 Å². The number of aliphatic hydroxyl groups excluding tert-OH is 1. The van der Waals surface area contributed by atoms with E-state index in [-0.39, 0.29) is 11.4 Å². The van der Waals surface area contributed by atoms with Crippen LogP contribution in [-0.4, -0.2) is 56.9 Å². The van der Waals surface area contributed by atoms with Crippen molar-refractivity contribution in [2.75, 3.05) is 26.2 Å². The predicted molar refractivity (Wildman–Crippen MR) is 135 cm³/mol. The number of aromatic nitrogens is 3. The largest absolute Gasteiger partial charge is 0.466 e. The maximum Gasteiger partial charge on any atom is 0.307 e. The van der Waals surface area contributed by atoms with Crippen LogP contribution in [0.15, 0.2) is 47.2 Å². The van der Waals surface area contributed by atoms with Crippen molar-refractivity contribution in [1.82, 2.24) is 19.6 Å². The molecular weight excluding hydrogens is 456 g/mol. The summed E-state index contributed by atoms with van der Waals surface area (Å²) < 4.78 is 12.8. The normalized spacial score (nSPS) is 24.0. The number of carbonyl (C=O) groups is 1. The van der Waals surface area contributed by atoms with E-state index < -0.39 is 6.10 Å². The zero-order valence-corrected chi connectivity index (χ0v) is 21.4. The number of piperidine rings is 1. The van der Waals surface area contributed by atoms with Crippen molar-refractivity contribution in [3.63, 3.8) is 0 Å². The number of imidazole rings is 1. The van der Waals surface area contributed by atoms with E-state index >= 15 is 0 Å². The van der Waals surface area contributed by atoms with Crippen molar-refractivity contribution >= 4 is 5.97 Å². The number of esters is 1. The van der Waals surface area contributed by atoms with Crippen LogP contribution in [-0.2, 0) is 21.5 Å². The van der Waals surface area contributed by atoms with Gasteiger partial charge in [-0.2, -0.15) is 0 Å². The van der Waals surface area contributed by atoms with E-state index in [1.165, 1.54) is 5.56 Å². The molecule has 8 nitrogen and oxygen atoms in total. The number of likely N-dealkylation sites (tertiary alicyclic amines) is 1. The molecule has 1 aliphatic carbocycles. The maximum atomic E-state index is 11.9. The molecule has 1 N–H and O–H groups in total. The Hall–Kier alpha value is -2.97. The lowest BCUT2D eigenvalue weighted by molar-refractivity contribution is -0.144. The summed E-state index contributed by atoms with van der Waals surface area (Å²) >= 11 is 0. The molecule has 2 aliphatic rings. The van der Waals surface area contributed by atoms with Crippen LogP contribution >= 0.6 is 0 Å². The van der Waals surface area contributed by atoms with E-state index in [1.807, 2.05) is 16.8 Å². The number of unbranched alkanes of at least 4 members (excludes halogenated alkanes) is 1. The molecule has 8 heteroatoms. The Morgan fingerprint density at radius 1 is 1.28 bits per heavy atom. The molecule has 1 aliphatic heterocycles. The van der Waals surface area contributed by atoms with Gasteiger partial charge in [-0.3, -0.25) is 4.79 Å². The van der Waals surface area contributed by atoms with Crippen LogP contribution < -0.4 is 0 Å². The number of hydrogen-bond acceptors (Lipinski definition) is 7. The number of aliphatic hydroxyl groups is 1. The zero-order chi connectivity index (χ0) is 25.3. The van der Waals surface area contributed by atoms with Gasteiger partial charge in [0.1, 0.15) is 17.6 Å². The van der Waals surface area contributed by atoms with Gasteiger partial charge < -0.3 is 23.8 Å². The quantitative estimate of drug-likeness (QED) is 0.317. The first-order chi connectivity index (χ1) is 17.4. The summed E-state index contributed by atoms with van der Waals surface area (Å²) in [6.45, 7) is 10.1. The summed E-state index contributed by atoms with van der Waals surface area (Å²) in [7, 11) is 0. The van der Waals surface area contributed by atoms with Crippen LogP contribution in [0, 0.1) is 11.8 Å². The fraction of sp³-hybridized carbons (Fsp3) is 0.536. The molecule has 1 aromatic carbocycles. The lowest BCUT2D eigenvalue weighted by Crippen LogP contribution is -2.31. The minimum Gasteiger partial charge on any atom is -0.466 e. The molecule has 1 saturated carbocycles. The molecule has 1 saturated heterocycles. The average molecular weight is 493 g/mol. The molecule has 5 rings (SSSR count). The zero-order valence-electron chi connectivity index (χ0n) is 21.4. The van der Waals surface area contributed by atoms with Crippen LogP contribution in [0.5, 0.6) is 0 Å². The lowest BCUT2D eigenvalue weighted by Gasteiger charge is -2.24. The van der Waals surface area contributed by atoms with Crippen LogP contribution in [0.3, 0.4) is 0 Å². The van der Waals surface area contributed by atoms with E-state index in [4.69, 9.17) is 9.26 Å². The Kier molecular flexibility index (Phi) is 6.99. The van der Waals surface area contributed by atoms with Gasteiger partial charge in [0.05, 0.1) is 19.6 Å². The summed E-state index contributed by atoms with van der Waals surface area (Å²) in [6.07, 6.45) is 5.33. The fourth-order valence-electron chi connectivity index (χ4n) is 5.74. The van der Waals surface area contributed by atoms with Gasteiger partial charge in [0.2, 0.25) is 0 Å². The number of rotatable bonds is 11. The summed E-state index contributed by atoms with van der Waals surface area (Å²) in [4.78, 5) is 18.5. The average Bonchev–Trinajstić information content (AvgIpc) is 3.43. The molecule has 0 spiro atoms. The Bertz CT molecular complexity index is 1170. The number of nitrogens with zero attached hydrogens (tertiary/aromatic N) is 4. The van der Waals surface area contributed by atoms with Crippen LogP contribution in [0.2, 0.25) is 0 Å². The van der Waals surface area contributed by atoms with Crippen molar-refractivity contribution in [2.24, 2.45) is 11.8 Å². The Morgan fingerprint density at radius 3 is 2.72 bits per heavy atom. The first-order valence-corrected chi connectivity index (χ1v) is 13.0. The molecule has 3 heterocycles. The number of hydrogen-bond donors (Lipinski definition) is 1. The van der Waals surface area contributed by atoms with Gasteiger partial charge in [0, 0.05) is 49.1 Å². The molecule has 2 fully saturated rings. The molecular formula is C28H36N4O4. The molecule has 0 amide bonds. The third-order valence-corrected chi connectivity index (χ3v) is 8.02. The van der Waals surface area contributed by atoms with Crippen molar-refractivity contribution in [3.8, 4) is 11.3 Å². The predicted octanol–water partition coefficient (Wildman–Crippen LogP) is 4.19. The van der Waals surface area contributed by atoms with E-state index in [0.29, 0.717) is 37.2 Å². The van der Waals surface area contributed by atoms with Gasteiger partial charge in [-0.05, 0) is 30.7 Å². The first kappa shape index (κ1) is 24.7. The fourth-order valence-corrected chi connectivity index (χ4v) is 5.74. The van der Waals surface area contributed by atoms with Crippen LogP contribution in [0.4, 0.5) is 0 Å². The number of benzene rings is 1. The lowest BCUT2D eigenvalue weighted by atomic mass is 9.91. The number of carbonyl (C=O) groups excluding carboxylic acids is 1. The van der Waals surface area contributed by atoms with Gasteiger partial charge in [-0.1, -0.05) is 49.7 Å². The smallest absolute Gasteiger partial charge is 0.307 e. The van der Waals surface area contributed by atoms with Crippen molar-refractivity contribution < 1.29 is 19.2 Å². The number of fused-ring (bicyclic) bond motifs is 1. The molecule has 3 aromatic rings. The Labute approximate surface area is 212 Å². The molecule has 1 unspecified atom stereocenters. The van der Waals surface area contributed by atoms with Gasteiger partial charge in [-0.15, -0.1) is 0 Å². The molecule has 0 radical (unpaired) electrons. The first-order valence-electron chi connectivity index (χ1n) is 13.0. The second kappa shape index (κ2) is 10.2. The molecule has 192 valence electrons. The molecule has 4 atom stereocenters. The third kappa shape index (κ3) is 4.84. The van der Waals surface area contributed by atoms with Gasteiger partial charge in [0.15, 0.2) is 5.76 Å². The second-order valence-corrected chi connectivity index (χ2v) is 10.4. The maximum absolute atomic E-state index is 11.9. The van der Waals surface area contributed by atoms with Gasteiger partial charge >= 0.3 is 5.97 Å². The summed E-state index contributed by atoms with van der Waals surface area (Å²) in [5, 5.41) is 14.1. The van der Waals surface area contributed by atoms with Crippen molar-refractivity contribution in [2.45, 2.75) is 58.1 Å². The van der Waals surface area contributed by atoms with Crippen molar-refractivity contribution in [1.29, 1.82) is 0 Å². The Balaban J connectivity index is 1.15. The summed E-state index contributed by atoms with van der Waals surface area (Å²) in [6, 6.07) is 10.6. The van der Waals surface area contributed by atoms with E-state index in [0.717, 1.165) is 49.5 Å². The van der Waals surface area contributed by atoms with Gasteiger partial charge in [0.25, 0.3) is 0 Å². The SMILES string of the molecule is CCCCOC(=O)CCN1C[C@@H]2[C@H](C1)C2(C)c1ccc(-c2cc(Cn3ccnc3[C@H](C)O)no2)cc1. The number of ether oxygens (including phenoxy) is 1. The topological polar surface area (TPSA) is 93.6 Å². The highest BCUT2D eigenvalue weighted by atomic mass is 16.5. The monoisotopic (exact) mass is 492 g/mol. The van der Waals surface area contributed by atoms with Crippen molar-refractivity contribution in [3.05, 3.63) is 59.8 Å². The third-order valence-electron chi connectivity index (χ3n) is 8.02. The van der Waals surface area contributed by atoms with E-state index in [2.05, 4.69) is 53.2 Å². The van der Waals surface area contributed by atoms with Crippen LogP contribution in [0.1, 0.15) is 63.2 Å². The minimum absolute atomic E-state index is 0.0774. The van der Waals surface area contributed by atoms with E-state index in [1.54, 1.807) is 13.1 Å². The highest BCUT2D eigenvalue weighted by Gasteiger charge is 2.65. The second-order valence-electron chi connectivity index (χ2n) is 10.4. The Morgan fingerprint density at radius 2 is 2.03 bits per heavy atom. The molecule has 2 aromatic heterocycles.